The number of nitrogens with zero attached hydrogens (tertiary/aromatic N) is 4. The fourth-order valence-corrected chi connectivity index (χ4v) is 4.22. The molecule has 11 nitrogen and oxygen atoms in total. The number of azo groups is 2. The molecule has 2 radical (unpaired) electrons. The third kappa shape index (κ3) is 7.74. The van der Waals surface area contributed by atoms with Crippen molar-refractivity contribution in [3.05, 3.63) is 78.9 Å². The second kappa shape index (κ2) is 12.7. The quantitative estimate of drug-likeness (QED) is 0.167. The van der Waals surface area contributed by atoms with Crippen molar-refractivity contribution in [2.75, 3.05) is 0 Å². The number of hydrogen-bond donors (Lipinski definition) is 3. The van der Waals surface area contributed by atoms with E-state index in [2.05, 4.69) is 20.5 Å². The van der Waals surface area contributed by atoms with E-state index in [0.29, 0.717) is 17.1 Å². The number of phenolic OH excluding ortho intramolecular Hbond substituents is 1. The summed E-state index contributed by atoms with van der Waals surface area (Å²) in [5.41, 5.74) is 1.20. The van der Waals surface area contributed by atoms with Gasteiger partial charge in [-0.25, -0.2) is 0 Å². The van der Waals surface area contributed by atoms with Crippen LogP contribution in [0.15, 0.2) is 109 Å². The molecule has 0 atom stereocenters. The fraction of sp³-hybridized carbons (Fsp3) is 0. The van der Waals surface area contributed by atoms with Crippen molar-refractivity contribution in [1.82, 2.24) is 0 Å². The Balaban J connectivity index is 0.00000241. The van der Waals surface area contributed by atoms with E-state index in [1.807, 2.05) is 18.2 Å². The van der Waals surface area contributed by atoms with Gasteiger partial charge in [0.15, 0.2) is 5.75 Å². The van der Waals surface area contributed by atoms with Crippen molar-refractivity contribution in [1.29, 1.82) is 0 Å². The van der Waals surface area contributed by atoms with Gasteiger partial charge in [0, 0.05) is 64.5 Å². The topological polar surface area (TPSA) is 178 Å². The SMILES string of the molecule is O=S(=O)(O)c1ccc2c(N=Nc3ccc(N=Nc4ccccc4)cc3)c(O)c(S(=O)(=O)O)cc2c1.[Na].[Na]. The van der Waals surface area contributed by atoms with E-state index in [4.69, 9.17) is 0 Å². The van der Waals surface area contributed by atoms with Gasteiger partial charge in [0.1, 0.15) is 10.6 Å². The zero-order chi connectivity index (χ0) is 25.2. The maximum absolute atomic E-state index is 11.7. The molecule has 0 spiro atoms. The Labute approximate surface area is 256 Å². The average Bonchev–Trinajstić information content (AvgIpc) is 2.81. The number of phenols is 1. The normalized spacial score (nSPS) is 11.9. The molecule has 4 rings (SSSR count). The van der Waals surface area contributed by atoms with Gasteiger partial charge < -0.3 is 5.11 Å². The van der Waals surface area contributed by atoms with E-state index >= 15 is 0 Å². The number of fused-ring (bicyclic) bond motifs is 1. The second-order valence-corrected chi connectivity index (χ2v) is 9.97. The van der Waals surface area contributed by atoms with Crippen molar-refractivity contribution < 1.29 is 31.0 Å². The van der Waals surface area contributed by atoms with Gasteiger partial charge >= 0.3 is 0 Å². The van der Waals surface area contributed by atoms with E-state index in [1.54, 1.807) is 36.4 Å². The Kier molecular flexibility index (Phi) is 10.7. The van der Waals surface area contributed by atoms with Gasteiger partial charge in [-0.1, -0.05) is 24.3 Å². The molecule has 0 saturated heterocycles. The van der Waals surface area contributed by atoms with Gasteiger partial charge in [-0.15, -0.1) is 5.11 Å². The summed E-state index contributed by atoms with van der Waals surface area (Å²) in [6.45, 7) is 0. The summed E-state index contributed by atoms with van der Waals surface area (Å²) in [4.78, 5) is -1.41. The Morgan fingerprint density at radius 2 is 1.11 bits per heavy atom. The van der Waals surface area contributed by atoms with Crippen LogP contribution in [0, 0.1) is 0 Å². The van der Waals surface area contributed by atoms with Crippen LogP contribution in [0.25, 0.3) is 10.8 Å². The van der Waals surface area contributed by atoms with Gasteiger partial charge in [0.2, 0.25) is 0 Å². The molecular formula is C22H16N4Na2O7S2. The summed E-state index contributed by atoms with van der Waals surface area (Å²) in [5.74, 6) is -0.878. The smallest absolute Gasteiger partial charge is 0.298 e. The van der Waals surface area contributed by atoms with Crippen LogP contribution in [0.5, 0.6) is 5.75 Å². The maximum Gasteiger partial charge on any atom is 0.298 e. The molecule has 0 saturated carbocycles. The summed E-state index contributed by atoms with van der Waals surface area (Å²) in [6, 6.07) is 19.6. The predicted octanol–water partition coefficient (Wildman–Crippen LogP) is 5.11. The molecule has 0 aromatic heterocycles. The van der Waals surface area contributed by atoms with Gasteiger partial charge in [0.05, 0.1) is 22.0 Å². The van der Waals surface area contributed by atoms with Gasteiger partial charge in [-0.2, -0.15) is 32.2 Å². The molecule has 3 N–H and O–H groups in total. The van der Waals surface area contributed by atoms with Gasteiger partial charge in [-0.05, 0) is 60.0 Å². The molecule has 0 aliphatic rings. The Morgan fingerprint density at radius 3 is 1.62 bits per heavy atom. The molecule has 0 heterocycles. The molecule has 180 valence electrons. The number of benzene rings is 4. The molecule has 4 aromatic carbocycles. The van der Waals surface area contributed by atoms with Crippen LogP contribution in [-0.4, -0.2) is 90.2 Å². The van der Waals surface area contributed by atoms with E-state index in [9.17, 15) is 31.0 Å². The largest absolute Gasteiger partial charge is 0.504 e. The molecule has 0 amide bonds. The van der Waals surface area contributed by atoms with Crippen molar-refractivity contribution >= 4 is 113 Å². The van der Waals surface area contributed by atoms with Crippen LogP contribution in [-0.2, 0) is 20.2 Å². The molecule has 0 unspecified atom stereocenters. The minimum Gasteiger partial charge on any atom is -0.504 e. The minimum atomic E-state index is -4.90. The molecule has 15 heteroatoms. The first-order chi connectivity index (χ1) is 16.5. The minimum absolute atomic E-state index is 0. The zero-order valence-electron chi connectivity index (χ0n) is 19.6. The van der Waals surface area contributed by atoms with Crippen LogP contribution >= 0.6 is 0 Å². The van der Waals surface area contributed by atoms with E-state index in [-0.39, 0.29) is 75.6 Å². The molecule has 0 bridgehead atoms. The first-order valence-electron chi connectivity index (χ1n) is 9.76. The van der Waals surface area contributed by atoms with Crippen LogP contribution in [0.4, 0.5) is 22.7 Å². The van der Waals surface area contributed by atoms with Crippen molar-refractivity contribution in [2.24, 2.45) is 20.5 Å². The molecular weight excluding hydrogens is 542 g/mol. The maximum atomic E-state index is 11.7. The Hall–Kier alpha value is -2.04. The van der Waals surface area contributed by atoms with E-state index < -0.39 is 35.8 Å². The Morgan fingerprint density at radius 1 is 0.595 bits per heavy atom. The molecule has 0 aliphatic heterocycles. The average molecular weight is 559 g/mol. The summed E-state index contributed by atoms with van der Waals surface area (Å²) in [6.07, 6.45) is 0. The molecule has 37 heavy (non-hydrogen) atoms. The fourth-order valence-electron chi connectivity index (χ4n) is 3.09. The van der Waals surface area contributed by atoms with Crippen LogP contribution in [0.2, 0.25) is 0 Å². The van der Waals surface area contributed by atoms with Gasteiger partial charge in [0.25, 0.3) is 20.2 Å². The third-order valence-electron chi connectivity index (χ3n) is 4.75. The predicted molar refractivity (Wildman–Crippen MR) is 138 cm³/mol. The Bertz CT molecular complexity index is 1700. The van der Waals surface area contributed by atoms with Crippen LogP contribution < -0.4 is 0 Å². The number of hydrogen-bond acceptors (Lipinski definition) is 9. The number of rotatable bonds is 6. The first-order valence-corrected chi connectivity index (χ1v) is 12.6. The van der Waals surface area contributed by atoms with Crippen LogP contribution in [0.3, 0.4) is 0 Å². The summed E-state index contributed by atoms with van der Waals surface area (Å²) in [7, 11) is -9.49. The molecule has 0 aliphatic carbocycles. The second-order valence-electron chi connectivity index (χ2n) is 7.16. The summed E-state index contributed by atoms with van der Waals surface area (Å²) >= 11 is 0. The van der Waals surface area contributed by atoms with E-state index in [1.165, 1.54) is 6.07 Å². The van der Waals surface area contributed by atoms with Crippen molar-refractivity contribution in [3.63, 3.8) is 0 Å². The van der Waals surface area contributed by atoms with Crippen molar-refractivity contribution in [3.8, 4) is 5.75 Å². The van der Waals surface area contributed by atoms with E-state index in [0.717, 1.165) is 18.2 Å². The van der Waals surface area contributed by atoms with Crippen LogP contribution in [0.1, 0.15) is 0 Å². The standard InChI is InChI=1S/C22H16N4O7S2.2Na/c27-22-20(35(31,32)33)13-14-12-18(34(28,29)30)10-11-19(14)21(22)26-25-17-8-6-16(7-9-17)24-23-15-4-2-1-3-5-15;;/h1-13,27H,(H,28,29,30)(H,31,32,33);;. The molecule has 0 fully saturated rings. The van der Waals surface area contributed by atoms with Gasteiger partial charge in [-0.3, -0.25) is 9.11 Å². The number of aromatic hydroxyl groups is 1. The monoisotopic (exact) mass is 558 g/mol. The molecule has 4 aromatic rings. The third-order valence-corrected chi connectivity index (χ3v) is 6.47. The summed E-state index contributed by atoms with van der Waals surface area (Å²) < 4.78 is 65.2. The van der Waals surface area contributed by atoms with Crippen molar-refractivity contribution in [2.45, 2.75) is 9.79 Å². The first kappa shape index (κ1) is 31.2. The zero-order valence-corrected chi connectivity index (χ0v) is 25.2. The summed E-state index contributed by atoms with van der Waals surface area (Å²) in [5, 5.41) is 26.7.